The molecule has 37 heavy (non-hydrogen) atoms. The second-order valence-corrected chi connectivity index (χ2v) is 8.06. The summed E-state index contributed by atoms with van der Waals surface area (Å²) in [6.07, 6.45) is 2.50. The number of hydrogen-bond donors (Lipinski definition) is 3. The Labute approximate surface area is 213 Å². The Morgan fingerprint density at radius 1 is 1.24 bits per heavy atom. The Morgan fingerprint density at radius 2 is 2.00 bits per heavy atom. The molecule has 1 aromatic carbocycles. The van der Waals surface area contributed by atoms with Crippen molar-refractivity contribution in [3.63, 3.8) is 0 Å². The van der Waals surface area contributed by atoms with Crippen LogP contribution in [0.15, 0.2) is 46.0 Å². The molecule has 3 aromatic rings. The highest BCUT2D eigenvalue weighted by Gasteiger charge is 2.22. The number of aryl methyl sites for hydroxylation is 1. The normalized spacial score (nSPS) is 14.4. The lowest BCUT2D eigenvalue weighted by Crippen LogP contribution is -2.37. The third-order valence-corrected chi connectivity index (χ3v) is 5.76. The number of ether oxygens (including phenoxy) is 2. The number of aromatic nitrogens is 4. The van der Waals surface area contributed by atoms with E-state index in [9.17, 15) is 4.79 Å². The summed E-state index contributed by atoms with van der Waals surface area (Å²) >= 11 is 0. The number of benzene rings is 1. The number of fused-ring (bicyclic) bond motifs is 1. The van der Waals surface area contributed by atoms with Crippen LogP contribution in [0, 0.1) is 0 Å². The number of aliphatic imine (C=N–C) groups is 2. The topological polar surface area (TPSA) is 151 Å². The number of amides is 1. The summed E-state index contributed by atoms with van der Waals surface area (Å²) in [5.41, 5.74) is 3.91. The molecule has 0 atom stereocenters. The van der Waals surface area contributed by atoms with Gasteiger partial charge in [0.15, 0.2) is 22.8 Å². The number of morpholine rings is 1. The molecule has 0 aliphatic carbocycles. The van der Waals surface area contributed by atoms with E-state index in [0.29, 0.717) is 49.8 Å². The van der Waals surface area contributed by atoms with Gasteiger partial charge in [0.2, 0.25) is 0 Å². The van der Waals surface area contributed by atoms with Gasteiger partial charge in [0.25, 0.3) is 5.91 Å². The predicted octanol–water partition coefficient (Wildman–Crippen LogP) is 1.08. The van der Waals surface area contributed by atoms with Gasteiger partial charge in [0.1, 0.15) is 11.6 Å². The number of carbonyl (C=O) groups excluding carboxylic acids is 1. The minimum Gasteiger partial charge on any atom is -0.497 e. The summed E-state index contributed by atoms with van der Waals surface area (Å²) in [6.45, 7) is 6.57. The maximum atomic E-state index is 11.6. The molecule has 0 unspecified atom stereocenters. The first-order chi connectivity index (χ1) is 18.0. The lowest BCUT2D eigenvalue weighted by molar-refractivity contribution is -0.124. The number of anilines is 1. The van der Waals surface area contributed by atoms with Crippen LogP contribution in [0.3, 0.4) is 0 Å². The molecule has 13 nitrogen and oxygen atoms in total. The molecule has 1 aliphatic heterocycles. The lowest BCUT2D eigenvalue weighted by atomic mass is 10.2. The molecular weight excluding hydrogens is 478 g/mol. The maximum Gasteiger partial charge on any atom is 0.277 e. The lowest BCUT2D eigenvalue weighted by Gasteiger charge is -2.28. The quantitative estimate of drug-likeness (QED) is 0.120. The standard InChI is InChI=1S/C24H29N9O4/c1-25-12-17(24(34)31-35)13-26-15-27-14-19-28-20-22(32(19)2)29-21(16-4-6-18(36-3)7-5-16)30-23(20)33-8-10-37-11-9-33/h4-7,12-13,27,35H,1,8-11,14-15H2,2-3H3,(H,31,34)/b17-12+,26-13-. The van der Waals surface area contributed by atoms with Crippen LogP contribution in [0.5, 0.6) is 5.75 Å². The van der Waals surface area contributed by atoms with E-state index in [2.05, 4.69) is 26.9 Å². The van der Waals surface area contributed by atoms with Gasteiger partial charge in [-0.2, -0.15) is 0 Å². The number of methoxy groups -OCH3 is 1. The minimum absolute atomic E-state index is 0.0681. The molecule has 2 aromatic heterocycles. The van der Waals surface area contributed by atoms with Crippen LogP contribution in [-0.4, -0.2) is 83.6 Å². The van der Waals surface area contributed by atoms with E-state index in [1.54, 1.807) is 12.6 Å². The van der Waals surface area contributed by atoms with Gasteiger partial charge in [-0.3, -0.25) is 25.3 Å². The summed E-state index contributed by atoms with van der Waals surface area (Å²) in [7, 11) is 3.54. The second-order valence-electron chi connectivity index (χ2n) is 8.06. The number of rotatable bonds is 10. The smallest absolute Gasteiger partial charge is 0.277 e. The summed E-state index contributed by atoms with van der Waals surface area (Å²) in [6, 6.07) is 7.63. The molecule has 0 bridgehead atoms. The van der Waals surface area contributed by atoms with Crippen molar-refractivity contribution in [2.45, 2.75) is 6.54 Å². The number of imidazole rings is 1. The van der Waals surface area contributed by atoms with Crippen LogP contribution < -0.4 is 20.4 Å². The van der Waals surface area contributed by atoms with Gasteiger partial charge in [0.05, 0.1) is 39.1 Å². The van der Waals surface area contributed by atoms with E-state index < -0.39 is 5.91 Å². The molecule has 1 aliphatic rings. The molecule has 0 spiro atoms. The molecule has 0 radical (unpaired) electrons. The number of carbonyl (C=O) groups is 1. The highest BCUT2D eigenvalue weighted by molar-refractivity contribution is 6.11. The zero-order valence-electron chi connectivity index (χ0n) is 20.7. The highest BCUT2D eigenvalue weighted by atomic mass is 16.5. The Morgan fingerprint density at radius 3 is 2.68 bits per heavy atom. The van der Waals surface area contributed by atoms with Crippen molar-refractivity contribution >= 4 is 35.8 Å². The molecule has 1 amide bonds. The molecular formula is C24H29N9O4. The summed E-state index contributed by atoms with van der Waals surface area (Å²) in [4.78, 5) is 36.0. The minimum atomic E-state index is -0.728. The Bertz CT molecular complexity index is 1310. The number of hydrogen-bond acceptors (Lipinski definition) is 11. The van der Waals surface area contributed by atoms with Crippen molar-refractivity contribution in [2.24, 2.45) is 17.0 Å². The molecule has 1 fully saturated rings. The Hall–Kier alpha value is -4.20. The van der Waals surface area contributed by atoms with Crippen LogP contribution in [0.25, 0.3) is 22.6 Å². The Kier molecular flexibility index (Phi) is 8.51. The third kappa shape index (κ3) is 5.97. The van der Waals surface area contributed by atoms with Gasteiger partial charge in [-0.05, 0) is 31.0 Å². The van der Waals surface area contributed by atoms with Crippen molar-refractivity contribution < 1.29 is 19.5 Å². The van der Waals surface area contributed by atoms with Crippen LogP contribution in [0.4, 0.5) is 5.82 Å². The summed E-state index contributed by atoms with van der Waals surface area (Å²) < 4.78 is 12.7. The van der Waals surface area contributed by atoms with Gasteiger partial charge in [-0.15, -0.1) is 0 Å². The fraction of sp³-hybridized carbons (Fsp3) is 0.333. The highest BCUT2D eigenvalue weighted by Crippen LogP contribution is 2.29. The van der Waals surface area contributed by atoms with Gasteiger partial charge < -0.3 is 18.9 Å². The second kappa shape index (κ2) is 12.2. The molecule has 194 valence electrons. The van der Waals surface area contributed by atoms with Crippen molar-refractivity contribution in [2.75, 3.05) is 45.0 Å². The van der Waals surface area contributed by atoms with E-state index in [-0.39, 0.29) is 12.2 Å². The van der Waals surface area contributed by atoms with E-state index in [4.69, 9.17) is 29.6 Å². The summed E-state index contributed by atoms with van der Waals surface area (Å²) in [5.74, 6) is 2.14. The first-order valence-electron chi connectivity index (χ1n) is 11.6. The average molecular weight is 508 g/mol. The van der Waals surface area contributed by atoms with Crippen molar-refractivity contribution in [1.29, 1.82) is 0 Å². The molecule has 0 saturated carbocycles. The molecule has 13 heteroatoms. The van der Waals surface area contributed by atoms with Gasteiger partial charge >= 0.3 is 0 Å². The predicted molar refractivity (Wildman–Crippen MR) is 139 cm³/mol. The Balaban J connectivity index is 1.60. The first kappa shape index (κ1) is 25.9. The third-order valence-electron chi connectivity index (χ3n) is 5.76. The maximum absolute atomic E-state index is 11.6. The van der Waals surface area contributed by atoms with Crippen molar-refractivity contribution in [3.05, 3.63) is 41.9 Å². The van der Waals surface area contributed by atoms with Gasteiger partial charge in [0, 0.05) is 38.1 Å². The van der Waals surface area contributed by atoms with Crippen molar-refractivity contribution in [3.8, 4) is 17.1 Å². The fourth-order valence-electron chi connectivity index (χ4n) is 3.80. The fourth-order valence-corrected chi connectivity index (χ4v) is 3.80. The van der Waals surface area contributed by atoms with Crippen LogP contribution in [0.1, 0.15) is 5.82 Å². The van der Waals surface area contributed by atoms with Crippen LogP contribution >= 0.6 is 0 Å². The molecule has 1 saturated heterocycles. The number of nitrogens with one attached hydrogen (secondary N) is 2. The zero-order chi connectivity index (χ0) is 26.2. The number of hydroxylamine groups is 1. The summed E-state index contributed by atoms with van der Waals surface area (Å²) in [5, 5.41) is 12.0. The molecule has 3 heterocycles. The zero-order valence-corrected chi connectivity index (χ0v) is 20.7. The monoisotopic (exact) mass is 507 g/mol. The molecule has 4 rings (SSSR count). The van der Waals surface area contributed by atoms with E-state index in [0.717, 1.165) is 23.0 Å². The SMILES string of the molecule is C=N/C=C(\C=N/CNCc1nc2c(N3CCOCC3)nc(-c3ccc(OC)cc3)nc2n1C)C(=O)NO. The van der Waals surface area contributed by atoms with Crippen LogP contribution in [-0.2, 0) is 23.1 Å². The van der Waals surface area contributed by atoms with Crippen molar-refractivity contribution in [1.82, 2.24) is 30.3 Å². The molecule has 3 N–H and O–H groups in total. The van der Waals surface area contributed by atoms with Crippen LogP contribution in [0.2, 0.25) is 0 Å². The van der Waals surface area contributed by atoms with E-state index >= 15 is 0 Å². The van der Waals surface area contributed by atoms with E-state index in [1.165, 1.54) is 12.4 Å². The number of nitrogens with zero attached hydrogens (tertiary/aromatic N) is 7. The van der Waals surface area contributed by atoms with E-state index in [1.807, 2.05) is 35.9 Å². The van der Waals surface area contributed by atoms with Gasteiger partial charge in [-0.1, -0.05) is 0 Å². The first-order valence-corrected chi connectivity index (χ1v) is 11.6. The van der Waals surface area contributed by atoms with Gasteiger partial charge in [-0.25, -0.2) is 20.4 Å². The average Bonchev–Trinajstić information content (AvgIpc) is 3.26. The largest absolute Gasteiger partial charge is 0.497 e.